The molecule has 23 heavy (non-hydrogen) atoms. The third-order valence-electron chi connectivity index (χ3n) is 3.62. The number of hydrogen-bond donors (Lipinski definition) is 1. The largest absolute Gasteiger partial charge is 0.340 e. The van der Waals surface area contributed by atoms with Crippen LogP contribution in [0.5, 0.6) is 0 Å². The molecule has 3 rings (SSSR count). The maximum atomic E-state index is 12.6. The molecule has 2 aromatic rings. The summed E-state index contributed by atoms with van der Waals surface area (Å²) in [5.74, 6) is 0.922. The van der Waals surface area contributed by atoms with E-state index in [-0.39, 0.29) is 17.7 Å². The monoisotopic (exact) mass is 335 g/mol. The van der Waals surface area contributed by atoms with Gasteiger partial charge in [0.25, 0.3) is 5.91 Å². The number of aryl methyl sites for hydroxylation is 1. The van der Waals surface area contributed by atoms with E-state index in [1.807, 2.05) is 0 Å². The van der Waals surface area contributed by atoms with E-state index >= 15 is 0 Å². The second-order valence-electron chi connectivity index (χ2n) is 5.48. The van der Waals surface area contributed by atoms with Gasteiger partial charge < -0.3 is 14.7 Å². The van der Waals surface area contributed by atoms with Crippen molar-refractivity contribution >= 4 is 28.3 Å². The fourth-order valence-corrected chi connectivity index (χ4v) is 3.33. The smallest absolute Gasteiger partial charge is 0.273 e. The topological polar surface area (TPSA) is 101 Å². The molecule has 1 saturated heterocycles. The van der Waals surface area contributed by atoms with Gasteiger partial charge in [0.15, 0.2) is 11.0 Å². The Bertz CT molecular complexity index is 726. The molecular weight excluding hydrogens is 318 g/mol. The van der Waals surface area contributed by atoms with Gasteiger partial charge in [0.1, 0.15) is 5.69 Å². The zero-order chi connectivity index (χ0) is 16.4. The summed E-state index contributed by atoms with van der Waals surface area (Å²) in [6, 6.07) is 0. The van der Waals surface area contributed by atoms with Gasteiger partial charge in [-0.05, 0) is 12.8 Å². The Kier molecular flexibility index (Phi) is 4.37. The van der Waals surface area contributed by atoms with Crippen LogP contribution in [0.2, 0.25) is 0 Å². The van der Waals surface area contributed by atoms with Gasteiger partial charge >= 0.3 is 0 Å². The molecule has 0 aliphatic carbocycles. The van der Waals surface area contributed by atoms with Crippen molar-refractivity contribution in [3.05, 3.63) is 22.8 Å². The summed E-state index contributed by atoms with van der Waals surface area (Å²) in [5.41, 5.74) is 0.351. The number of likely N-dealkylation sites (tertiary alicyclic amines) is 1. The fourth-order valence-electron chi connectivity index (χ4n) is 2.60. The van der Waals surface area contributed by atoms with Crippen molar-refractivity contribution in [2.75, 3.05) is 18.4 Å². The van der Waals surface area contributed by atoms with Gasteiger partial charge in [0.05, 0.1) is 0 Å². The van der Waals surface area contributed by atoms with Gasteiger partial charge in [-0.1, -0.05) is 5.16 Å². The van der Waals surface area contributed by atoms with Crippen LogP contribution in [0.1, 0.15) is 47.9 Å². The summed E-state index contributed by atoms with van der Waals surface area (Å²) in [5, 5.41) is 8.64. The molecule has 122 valence electrons. The van der Waals surface area contributed by atoms with Gasteiger partial charge in [-0.15, -0.1) is 11.3 Å². The first kappa shape index (κ1) is 15.6. The van der Waals surface area contributed by atoms with Crippen LogP contribution in [-0.4, -0.2) is 44.9 Å². The van der Waals surface area contributed by atoms with E-state index in [4.69, 9.17) is 4.52 Å². The van der Waals surface area contributed by atoms with Gasteiger partial charge in [0, 0.05) is 38.2 Å². The Labute approximate surface area is 136 Å². The second kappa shape index (κ2) is 6.45. The van der Waals surface area contributed by atoms with E-state index < -0.39 is 0 Å². The number of amides is 2. The lowest BCUT2D eigenvalue weighted by molar-refractivity contribution is -0.114. The van der Waals surface area contributed by atoms with Crippen LogP contribution >= 0.6 is 11.3 Å². The van der Waals surface area contributed by atoms with E-state index in [9.17, 15) is 9.59 Å². The van der Waals surface area contributed by atoms with Crippen molar-refractivity contribution in [1.29, 1.82) is 0 Å². The summed E-state index contributed by atoms with van der Waals surface area (Å²) in [6.07, 6.45) is 1.81. The summed E-state index contributed by atoms with van der Waals surface area (Å²) in [7, 11) is 0. The maximum absolute atomic E-state index is 12.6. The van der Waals surface area contributed by atoms with Crippen LogP contribution < -0.4 is 5.32 Å². The Morgan fingerprint density at radius 2 is 2.26 bits per heavy atom. The molecule has 8 nitrogen and oxygen atoms in total. The highest BCUT2D eigenvalue weighted by atomic mass is 32.1. The molecule has 1 aliphatic rings. The third kappa shape index (κ3) is 3.55. The molecule has 1 fully saturated rings. The predicted molar refractivity (Wildman–Crippen MR) is 83.3 cm³/mol. The van der Waals surface area contributed by atoms with E-state index in [1.54, 1.807) is 17.2 Å². The number of aromatic nitrogens is 3. The molecule has 0 aromatic carbocycles. The number of nitrogens with zero attached hydrogens (tertiary/aromatic N) is 4. The average Bonchev–Trinajstić information content (AvgIpc) is 3.15. The van der Waals surface area contributed by atoms with E-state index in [0.29, 0.717) is 35.6 Å². The Hall–Kier alpha value is -2.29. The fraction of sp³-hybridized carbons (Fsp3) is 0.500. The first-order chi connectivity index (χ1) is 11.0. The highest BCUT2D eigenvalue weighted by molar-refractivity contribution is 7.14. The zero-order valence-corrected chi connectivity index (χ0v) is 13.7. The van der Waals surface area contributed by atoms with E-state index in [2.05, 4.69) is 20.4 Å². The molecule has 0 spiro atoms. The van der Waals surface area contributed by atoms with Crippen LogP contribution in [0.3, 0.4) is 0 Å². The Morgan fingerprint density at radius 3 is 2.96 bits per heavy atom. The number of nitrogens with one attached hydrogen (secondary N) is 1. The van der Waals surface area contributed by atoms with E-state index in [1.165, 1.54) is 18.3 Å². The van der Waals surface area contributed by atoms with E-state index in [0.717, 1.165) is 12.8 Å². The SMILES string of the molecule is CC(=O)Nc1nc(C(=O)N2CCC[C@@H](c3noc(C)n3)C2)cs1. The van der Waals surface area contributed by atoms with Crippen molar-refractivity contribution < 1.29 is 14.1 Å². The lowest BCUT2D eigenvalue weighted by atomic mass is 9.97. The summed E-state index contributed by atoms with van der Waals surface area (Å²) in [6.45, 7) is 4.38. The summed E-state index contributed by atoms with van der Waals surface area (Å²) >= 11 is 1.24. The molecule has 0 radical (unpaired) electrons. The lowest BCUT2D eigenvalue weighted by Gasteiger charge is -2.30. The number of carbonyl (C=O) groups is 2. The molecule has 0 bridgehead atoms. The molecular formula is C14H17N5O3S. The van der Waals surface area contributed by atoms with Gasteiger partial charge in [-0.3, -0.25) is 9.59 Å². The molecule has 2 aromatic heterocycles. The highest BCUT2D eigenvalue weighted by Gasteiger charge is 2.29. The zero-order valence-electron chi connectivity index (χ0n) is 12.9. The highest BCUT2D eigenvalue weighted by Crippen LogP contribution is 2.26. The normalized spacial score (nSPS) is 18.0. The maximum Gasteiger partial charge on any atom is 0.273 e. The second-order valence-corrected chi connectivity index (χ2v) is 6.34. The van der Waals surface area contributed by atoms with Crippen LogP contribution in [0.25, 0.3) is 0 Å². The average molecular weight is 335 g/mol. The van der Waals surface area contributed by atoms with Crippen LogP contribution in [0.15, 0.2) is 9.90 Å². The molecule has 0 unspecified atom stereocenters. The number of rotatable bonds is 3. The number of hydrogen-bond acceptors (Lipinski definition) is 7. The van der Waals surface area contributed by atoms with Gasteiger partial charge in [0.2, 0.25) is 11.8 Å². The third-order valence-corrected chi connectivity index (χ3v) is 4.38. The number of anilines is 1. The molecule has 0 saturated carbocycles. The molecule has 1 aliphatic heterocycles. The Balaban J connectivity index is 1.69. The molecule has 9 heteroatoms. The predicted octanol–water partition coefficient (Wildman–Crippen LogP) is 1.81. The number of thiazole rings is 1. The molecule has 2 amide bonds. The molecule has 3 heterocycles. The summed E-state index contributed by atoms with van der Waals surface area (Å²) < 4.78 is 5.02. The van der Waals surface area contributed by atoms with Crippen LogP contribution in [0.4, 0.5) is 5.13 Å². The Morgan fingerprint density at radius 1 is 1.43 bits per heavy atom. The lowest BCUT2D eigenvalue weighted by Crippen LogP contribution is -2.39. The van der Waals surface area contributed by atoms with Crippen molar-refractivity contribution in [2.45, 2.75) is 32.6 Å². The van der Waals surface area contributed by atoms with Crippen LogP contribution in [-0.2, 0) is 4.79 Å². The van der Waals surface area contributed by atoms with Gasteiger partial charge in [-0.25, -0.2) is 4.98 Å². The summed E-state index contributed by atoms with van der Waals surface area (Å²) in [4.78, 5) is 33.8. The van der Waals surface area contributed by atoms with Crippen molar-refractivity contribution in [2.24, 2.45) is 0 Å². The minimum Gasteiger partial charge on any atom is -0.340 e. The minimum absolute atomic E-state index is 0.0820. The molecule has 1 atom stereocenters. The quantitative estimate of drug-likeness (QED) is 0.918. The number of carbonyl (C=O) groups excluding carboxylic acids is 2. The van der Waals surface area contributed by atoms with Crippen LogP contribution in [0, 0.1) is 6.92 Å². The first-order valence-corrected chi connectivity index (χ1v) is 8.23. The molecule has 1 N–H and O–H groups in total. The first-order valence-electron chi connectivity index (χ1n) is 7.35. The number of piperidine rings is 1. The minimum atomic E-state index is -0.205. The van der Waals surface area contributed by atoms with Crippen molar-refractivity contribution in [3.8, 4) is 0 Å². The van der Waals surface area contributed by atoms with Gasteiger partial charge in [-0.2, -0.15) is 4.98 Å². The van der Waals surface area contributed by atoms with Crippen molar-refractivity contribution in [1.82, 2.24) is 20.0 Å². The van der Waals surface area contributed by atoms with Crippen molar-refractivity contribution in [3.63, 3.8) is 0 Å². The standard InChI is InChI=1S/C14H17N5O3S/c1-8(20)15-14-17-11(7-23-14)13(21)19-5-3-4-10(6-19)12-16-9(2)22-18-12/h7,10H,3-6H2,1-2H3,(H,15,17,20)/t10-/m1/s1.